The molecule has 0 aliphatic rings. The Labute approximate surface area is 163 Å². The van der Waals surface area contributed by atoms with Crippen molar-refractivity contribution in [3.63, 3.8) is 0 Å². The van der Waals surface area contributed by atoms with Gasteiger partial charge in [-0.3, -0.25) is 0 Å². The highest BCUT2D eigenvalue weighted by molar-refractivity contribution is 6.33. The average Bonchev–Trinajstić information content (AvgIpc) is 2.64. The summed E-state index contributed by atoms with van der Waals surface area (Å²) in [6, 6.07) is 15.9. The van der Waals surface area contributed by atoms with Crippen LogP contribution in [0, 0.1) is 5.82 Å². The Morgan fingerprint density at radius 2 is 1.81 bits per heavy atom. The number of nitrogens with one attached hydrogen (secondary N) is 2. The molecule has 0 aliphatic carbocycles. The van der Waals surface area contributed by atoms with Crippen LogP contribution in [0.1, 0.15) is 0 Å². The summed E-state index contributed by atoms with van der Waals surface area (Å²) in [6.07, 6.45) is 0. The number of benzene rings is 2. The van der Waals surface area contributed by atoms with Crippen LogP contribution in [-0.4, -0.2) is 42.1 Å². The SMILES string of the molecule is CN(C)CCNc1nc(Nc2ccc(F)cc2Cl)cc(-c2ccccc2)n1. The van der Waals surface area contributed by atoms with Crippen molar-refractivity contribution < 1.29 is 4.39 Å². The van der Waals surface area contributed by atoms with Gasteiger partial charge in [0.1, 0.15) is 11.6 Å². The summed E-state index contributed by atoms with van der Waals surface area (Å²) in [5.74, 6) is 0.702. The van der Waals surface area contributed by atoms with Crippen LogP contribution in [0.5, 0.6) is 0 Å². The van der Waals surface area contributed by atoms with E-state index in [4.69, 9.17) is 11.6 Å². The lowest BCUT2D eigenvalue weighted by atomic mass is 10.1. The Kier molecular flexibility index (Phi) is 6.21. The molecule has 7 heteroatoms. The van der Waals surface area contributed by atoms with Gasteiger partial charge in [-0.15, -0.1) is 0 Å². The van der Waals surface area contributed by atoms with E-state index in [0.29, 0.717) is 24.0 Å². The van der Waals surface area contributed by atoms with Crippen molar-refractivity contribution in [3.05, 3.63) is 65.4 Å². The molecule has 0 saturated carbocycles. The van der Waals surface area contributed by atoms with Crippen LogP contribution in [0.15, 0.2) is 54.6 Å². The van der Waals surface area contributed by atoms with Crippen molar-refractivity contribution in [2.45, 2.75) is 0 Å². The van der Waals surface area contributed by atoms with E-state index >= 15 is 0 Å². The second-order valence-corrected chi connectivity index (χ2v) is 6.71. The van der Waals surface area contributed by atoms with Crippen LogP contribution in [0.25, 0.3) is 11.3 Å². The zero-order valence-electron chi connectivity index (χ0n) is 15.2. The summed E-state index contributed by atoms with van der Waals surface area (Å²) in [7, 11) is 4.01. The fraction of sp³-hybridized carbons (Fsp3) is 0.200. The number of aromatic nitrogens is 2. The molecule has 2 aromatic carbocycles. The predicted octanol–water partition coefficient (Wildman–Crippen LogP) is 4.65. The van der Waals surface area contributed by atoms with E-state index in [-0.39, 0.29) is 10.8 Å². The molecule has 3 aromatic rings. The van der Waals surface area contributed by atoms with Crippen LogP contribution in [0.4, 0.5) is 21.8 Å². The molecular weight excluding hydrogens is 365 g/mol. The number of nitrogens with zero attached hydrogens (tertiary/aromatic N) is 3. The maximum atomic E-state index is 13.3. The smallest absolute Gasteiger partial charge is 0.225 e. The molecule has 0 atom stereocenters. The molecule has 27 heavy (non-hydrogen) atoms. The second kappa shape index (κ2) is 8.79. The number of hydrogen-bond acceptors (Lipinski definition) is 5. The zero-order chi connectivity index (χ0) is 19.2. The summed E-state index contributed by atoms with van der Waals surface area (Å²) >= 11 is 6.13. The Bertz CT molecular complexity index is 902. The summed E-state index contributed by atoms with van der Waals surface area (Å²) < 4.78 is 13.3. The molecule has 0 aliphatic heterocycles. The second-order valence-electron chi connectivity index (χ2n) is 6.31. The van der Waals surface area contributed by atoms with Gasteiger partial charge in [-0.2, -0.15) is 4.98 Å². The third-order valence-corrected chi connectivity index (χ3v) is 4.14. The van der Waals surface area contributed by atoms with E-state index in [1.807, 2.05) is 50.5 Å². The van der Waals surface area contributed by atoms with Gasteiger partial charge in [-0.1, -0.05) is 41.9 Å². The molecule has 140 valence electrons. The predicted molar refractivity (Wildman–Crippen MR) is 109 cm³/mol. The van der Waals surface area contributed by atoms with Crippen molar-refractivity contribution in [1.82, 2.24) is 14.9 Å². The van der Waals surface area contributed by atoms with Crippen molar-refractivity contribution in [2.24, 2.45) is 0 Å². The van der Waals surface area contributed by atoms with Gasteiger partial charge in [0.25, 0.3) is 0 Å². The van der Waals surface area contributed by atoms with E-state index in [1.54, 1.807) is 6.07 Å². The minimum atomic E-state index is -0.385. The maximum absolute atomic E-state index is 13.3. The van der Waals surface area contributed by atoms with E-state index < -0.39 is 0 Å². The van der Waals surface area contributed by atoms with Crippen LogP contribution in [0.2, 0.25) is 5.02 Å². The van der Waals surface area contributed by atoms with Crippen LogP contribution in [0.3, 0.4) is 0 Å². The molecular formula is C20H21ClFN5. The Morgan fingerprint density at radius 3 is 2.52 bits per heavy atom. The molecule has 1 aromatic heterocycles. The Morgan fingerprint density at radius 1 is 1.04 bits per heavy atom. The van der Waals surface area contributed by atoms with Crippen LogP contribution < -0.4 is 10.6 Å². The Balaban J connectivity index is 1.91. The highest BCUT2D eigenvalue weighted by Gasteiger charge is 2.09. The summed E-state index contributed by atoms with van der Waals surface area (Å²) in [5.41, 5.74) is 2.33. The topological polar surface area (TPSA) is 53.1 Å². The van der Waals surface area contributed by atoms with E-state index in [2.05, 4.69) is 25.5 Å². The first-order valence-corrected chi connectivity index (χ1v) is 8.94. The molecule has 0 bridgehead atoms. The van der Waals surface area contributed by atoms with Crippen LogP contribution in [-0.2, 0) is 0 Å². The monoisotopic (exact) mass is 385 g/mol. The first-order chi connectivity index (χ1) is 13.0. The minimum Gasteiger partial charge on any atom is -0.353 e. The van der Waals surface area contributed by atoms with Gasteiger partial charge in [0.2, 0.25) is 5.95 Å². The number of likely N-dealkylation sites (N-methyl/N-ethyl adjacent to an activating group) is 1. The standard InChI is InChI=1S/C20H21ClFN5/c1-27(2)11-10-23-20-25-18(14-6-4-3-5-7-14)13-19(26-20)24-17-9-8-15(22)12-16(17)21/h3-9,12-13H,10-11H2,1-2H3,(H2,23,24,25,26). The summed E-state index contributed by atoms with van der Waals surface area (Å²) in [5, 5.41) is 6.68. The third kappa shape index (κ3) is 5.39. The van der Waals surface area contributed by atoms with Gasteiger partial charge < -0.3 is 15.5 Å². The quantitative estimate of drug-likeness (QED) is 0.619. The van der Waals surface area contributed by atoms with E-state index in [0.717, 1.165) is 17.8 Å². The first-order valence-electron chi connectivity index (χ1n) is 8.56. The van der Waals surface area contributed by atoms with Crippen molar-refractivity contribution in [3.8, 4) is 11.3 Å². The molecule has 2 N–H and O–H groups in total. The highest BCUT2D eigenvalue weighted by Crippen LogP contribution is 2.28. The van der Waals surface area contributed by atoms with Gasteiger partial charge in [0, 0.05) is 24.7 Å². The molecule has 0 spiro atoms. The normalized spacial score (nSPS) is 10.9. The lowest BCUT2D eigenvalue weighted by Gasteiger charge is -2.14. The molecule has 0 saturated heterocycles. The summed E-state index contributed by atoms with van der Waals surface area (Å²) in [6.45, 7) is 1.56. The van der Waals surface area contributed by atoms with Gasteiger partial charge in [0.15, 0.2) is 0 Å². The fourth-order valence-electron chi connectivity index (χ4n) is 2.47. The zero-order valence-corrected chi connectivity index (χ0v) is 16.0. The molecule has 0 fully saturated rings. The number of hydrogen-bond donors (Lipinski definition) is 2. The molecule has 0 radical (unpaired) electrons. The Hall–Kier alpha value is -2.70. The fourth-order valence-corrected chi connectivity index (χ4v) is 2.68. The lowest BCUT2D eigenvalue weighted by Crippen LogP contribution is -2.21. The van der Waals surface area contributed by atoms with E-state index in [1.165, 1.54) is 12.1 Å². The largest absolute Gasteiger partial charge is 0.353 e. The number of anilines is 3. The maximum Gasteiger partial charge on any atom is 0.225 e. The highest BCUT2D eigenvalue weighted by atomic mass is 35.5. The van der Waals surface area contributed by atoms with Gasteiger partial charge in [-0.05, 0) is 32.3 Å². The molecule has 3 rings (SSSR count). The minimum absolute atomic E-state index is 0.289. The third-order valence-electron chi connectivity index (χ3n) is 3.83. The van der Waals surface area contributed by atoms with Gasteiger partial charge in [0.05, 0.1) is 16.4 Å². The number of rotatable bonds is 7. The molecule has 1 heterocycles. The summed E-state index contributed by atoms with van der Waals surface area (Å²) in [4.78, 5) is 11.2. The average molecular weight is 386 g/mol. The lowest BCUT2D eigenvalue weighted by molar-refractivity contribution is 0.425. The van der Waals surface area contributed by atoms with Crippen molar-refractivity contribution >= 4 is 29.1 Å². The molecule has 0 unspecified atom stereocenters. The van der Waals surface area contributed by atoms with Crippen LogP contribution >= 0.6 is 11.6 Å². The molecule has 0 amide bonds. The first kappa shape index (κ1) is 19.1. The van der Waals surface area contributed by atoms with Crippen molar-refractivity contribution in [1.29, 1.82) is 0 Å². The number of halogens is 2. The van der Waals surface area contributed by atoms with Gasteiger partial charge >= 0.3 is 0 Å². The molecule has 5 nitrogen and oxygen atoms in total. The van der Waals surface area contributed by atoms with Crippen molar-refractivity contribution in [2.75, 3.05) is 37.8 Å². The van der Waals surface area contributed by atoms with E-state index in [9.17, 15) is 4.39 Å². The van der Waals surface area contributed by atoms with Gasteiger partial charge in [-0.25, -0.2) is 9.37 Å².